The van der Waals surface area contributed by atoms with Gasteiger partial charge in [0.05, 0.1) is 13.2 Å². The Morgan fingerprint density at radius 3 is 1.97 bits per heavy atom. The number of hydrogen-bond acceptors (Lipinski definition) is 4. The molecule has 2 amide bonds. The van der Waals surface area contributed by atoms with Crippen molar-refractivity contribution in [3.05, 3.63) is 84.4 Å². The van der Waals surface area contributed by atoms with Gasteiger partial charge in [-0.25, -0.2) is 0 Å². The fourth-order valence-electron chi connectivity index (χ4n) is 3.04. The lowest BCUT2D eigenvalue weighted by molar-refractivity contribution is -0.116. The molecule has 6 nitrogen and oxygen atoms in total. The molecule has 0 aliphatic heterocycles. The number of hydrogen-bond donors (Lipinski definition) is 3. The van der Waals surface area contributed by atoms with E-state index in [1.165, 1.54) is 0 Å². The molecule has 32 heavy (non-hydrogen) atoms. The first-order chi connectivity index (χ1) is 15.6. The monoisotopic (exact) mass is 431 g/mol. The topological polar surface area (TPSA) is 79.5 Å². The van der Waals surface area contributed by atoms with Crippen LogP contribution in [0.25, 0.3) is 0 Å². The maximum Gasteiger partial charge on any atom is 0.243 e. The van der Waals surface area contributed by atoms with Crippen LogP contribution in [0.2, 0.25) is 0 Å². The second-order valence-electron chi connectivity index (χ2n) is 7.39. The van der Waals surface area contributed by atoms with Gasteiger partial charge in [0.25, 0.3) is 0 Å². The quantitative estimate of drug-likeness (QED) is 0.395. The zero-order chi connectivity index (χ0) is 22.6. The lowest BCUT2D eigenvalue weighted by Gasteiger charge is -2.10. The van der Waals surface area contributed by atoms with Crippen LogP contribution < -0.4 is 20.7 Å². The first-order valence-electron chi connectivity index (χ1n) is 10.8. The van der Waals surface area contributed by atoms with E-state index in [4.69, 9.17) is 4.74 Å². The Morgan fingerprint density at radius 2 is 1.34 bits per heavy atom. The summed E-state index contributed by atoms with van der Waals surface area (Å²) >= 11 is 0. The molecule has 0 aliphatic carbocycles. The Hall–Kier alpha value is -3.80. The van der Waals surface area contributed by atoms with Crippen LogP contribution in [0.1, 0.15) is 25.3 Å². The van der Waals surface area contributed by atoms with Gasteiger partial charge in [0, 0.05) is 23.5 Å². The molecule has 0 spiro atoms. The molecule has 3 N–H and O–H groups in total. The molecule has 166 valence electrons. The van der Waals surface area contributed by atoms with Crippen LogP contribution >= 0.6 is 0 Å². The van der Waals surface area contributed by atoms with E-state index in [2.05, 4.69) is 22.9 Å². The molecule has 0 heterocycles. The number of benzene rings is 3. The fraction of sp³-hybridized carbons (Fsp3) is 0.231. The van der Waals surface area contributed by atoms with Crippen LogP contribution in [0.3, 0.4) is 0 Å². The number of carbonyl (C=O) groups excluding carboxylic acids is 2. The van der Waals surface area contributed by atoms with Gasteiger partial charge in [-0.3, -0.25) is 9.59 Å². The van der Waals surface area contributed by atoms with Crippen molar-refractivity contribution in [1.82, 2.24) is 0 Å². The van der Waals surface area contributed by atoms with Gasteiger partial charge in [-0.1, -0.05) is 37.3 Å². The van der Waals surface area contributed by atoms with Crippen molar-refractivity contribution < 1.29 is 14.3 Å². The van der Waals surface area contributed by atoms with Crippen molar-refractivity contribution >= 4 is 28.9 Å². The molecular formula is C26H29N3O3. The Morgan fingerprint density at radius 1 is 0.750 bits per heavy atom. The summed E-state index contributed by atoms with van der Waals surface area (Å²) in [5.41, 5.74) is 3.35. The molecule has 3 aromatic carbocycles. The van der Waals surface area contributed by atoms with Crippen molar-refractivity contribution in [2.24, 2.45) is 0 Å². The maximum absolute atomic E-state index is 12.2. The highest BCUT2D eigenvalue weighted by Gasteiger charge is 2.06. The molecular weight excluding hydrogens is 402 g/mol. The van der Waals surface area contributed by atoms with Gasteiger partial charge >= 0.3 is 0 Å². The van der Waals surface area contributed by atoms with Gasteiger partial charge in [-0.05, 0) is 66.9 Å². The average Bonchev–Trinajstić information content (AvgIpc) is 2.83. The molecule has 3 rings (SSSR count). The molecule has 0 aromatic heterocycles. The second kappa shape index (κ2) is 12.2. The van der Waals surface area contributed by atoms with Crippen LogP contribution in [0, 0.1) is 0 Å². The van der Waals surface area contributed by atoms with E-state index in [-0.39, 0.29) is 18.4 Å². The van der Waals surface area contributed by atoms with Crippen molar-refractivity contribution in [2.75, 3.05) is 29.1 Å². The predicted molar refractivity (Wildman–Crippen MR) is 129 cm³/mol. The molecule has 0 saturated carbocycles. The lowest BCUT2D eigenvalue weighted by atomic mass is 10.1. The number of carbonyl (C=O) groups is 2. The summed E-state index contributed by atoms with van der Waals surface area (Å²) in [6.45, 7) is 2.89. The van der Waals surface area contributed by atoms with Gasteiger partial charge in [0.2, 0.25) is 11.8 Å². The Labute approximate surface area is 189 Å². The number of amides is 2. The molecule has 0 saturated heterocycles. The van der Waals surface area contributed by atoms with Crippen LogP contribution in [0.5, 0.6) is 5.75 Å². The van der Waals surface area contributed by atoms with Crippen molar-refractivity contribution in [2.45, 2.75) is 26.2 Å². The largest absolute Gasteiger partial charge is 0.494 e. The van der Waals surface area contributed by atoms with Crippen LogP contribution in [-0.2, 0) is 16.0 Å². The van der Waals surface area contributed by atoms with Gasteiger partial charge in [0.15, 0.2) is 0 Å². The lowest BCUT2D eigenvalue weighted by Crippen LogP contribution is -2.21. The first-order valence-corrected chi connectivity index (χ1v) is 10.8. The SMILES string of the molecule is CCCOc1ccc(NCC(=O)Nc2ccc(NC(=O)CCc3ccccc3)cc2)cc1. The van der Waals surface area contributed by atoms with Crippen molar-refractivity contribution in [3.63, 3.8) is 0 Å². The highest BCUT2D eigenvalue weighted by Crippen LogP contribution is 2.17. The fourth-order valence-corrected chi connectivity index (χ4v) is 3.04. The first kappa shape index (κ1) is 22.9. The third kappa shape index (κ3) is 7.80. The number of rotatable bonds is 11. The molecule has 0 atom stereocenters. The number of aryl methyl sites for hydroxylation is 1. The van der Waals surface area contributed by atoms with E-state index in [0.717, 1.165) is 23.4 Å². The smallest absolute Gasteiger partial charge is 0.243 e. The Kier molecular flexibility index (Phi) is 8.69. The third-order valence-electron chi connectivity index (χ3n) is 4.72. The molecule has 0 fully saturated rings. The average molecular weight is 432 g/mol. The molecule has 6 heteroatoms. The van der Waals surface area contributed by atoms with Crippen LogP contribution in [0.4, 0.5) is 17.1 Å². The molecule has 3 aromatic rings. The molecule has 0 radical (unpaired) electrons. The Bertz CT molecular complexity index is 987. The minimum absolute atomic E-state index is 0.0408. The molecule has 0 bridgehead atoms. The van der Waals surface area contributed by atoms with E-state index in [0.29, 0.717) is 30.8 Å². The minimum atomic E-state index is -0.157. The van der Waals surface area contributed by atoms with Gasteiger partial charge < -0.3 is 20.7 Å². The molecule has 0 aliphatic rings. The summed E-state index contributed by atoms with van der Waals surface area (Å²) in [7, 11) is 0. The summed E-state index contributed by atoms with van der Waals surface area (Å²) in [5, 5.41) is 8.81. The van der Waals surface area contributed by atoms with E-state index < -0.39 is 0 Å². The van der Waals surface area contributed by atoms with E-state index in [9.17, 15) is 9.59 Å². The second-order valence-corrected chi connectivity index (χ2v) is 7.39. The standard InChI is InChI=1S/C26H29N3O3/c1-2-18-32-24-15-13-21(14-16-24)27-19-26(31)29-23-11-9-22(10-12-23)28-25(30)17-8-20-6-4-3-5-7-20/h3-7,9-16,27H,2,8,17-19H2,1H3,(H,28,30)(H,29,31). The highest BCUT2D eigenvalue weighted by atomic mass is 16.5. The van der Waals surface area contributed by atoms with E-state index in [1.807, 2.05) is 54.6 Å². The number of ether oxygens (including phenoxy) is 1. The third-order valence-corrected chi connectivity index (χ3v) is 4.72. The summed E-state index contributed by atoms with van der Waals surface area (Å²) in [6.07, 6.45) is 2.07. The van der Waals surface area contributed by atoms with Crippen molar-refractivity contribution in [3.8, 4) is 5.75 Å². The zero-order valence-corrected chi connectivity index (χ0v) is 18.3. The van der Waals surface area contributed by atoms with E-state index in [1.54, 1.807) is 24.3 Å². The highest BCUT2D eigenvalue weighted by molar-refractivity contribution is 5.94. The predicted octanol–water partition coefficient (Wildman–Crippen LogP) is 5.10. The normalized spacial score (nSPS) is 10.3. The van der Waals surface area contributed by atoms with Crippen molar-refractivity contribution in [1.29, 1.82) is 0 Å². The van der Waals surface area contributed by atoms with Crippen LogP contribution in [0.15, 0.2) is 78.9 Å². The zero-order valence-electron chi connectivity index (χ0n) is 18.3. The minimum Gasteiger partial charge on any atom is -0.494 e. The Balaban J connectivity index is 1.39. The maximum atomic E-state index is 12.2. The van der Waals surface area contributed by atoms with Crippen LogP contribution in [-0.4, -0.2) is 25.0 Å². The number of nitrogens with one attached hydrogen (secondary N) is 3. The molecule has 0 unspecified atom stereocenters. The van der Waals surface area contributed by atoms with Gasteiger partial charge in [-0.2, -0.15) is 0 Å². The summed E-state index contributed by atoms with van der Waals surface area (Å²) < 4.78 is 5.55. The van der Waals surface area contributed by atoms with Gasteiger partial charge in [0.1, 0.15) is 5.75 Å². The summed E-state index contributed by atoms with van der Waals surface area (Å²) in [4.78, 5) is 24.4. The van der Waals surface area contributed by atoms with E-state index >= 15 is 0 Å². The summed E-state index contributed by atoms with van der Waals surface area (Å²) in [6, 6.07) is 24.5. The summed E-state index contributed by atoms with van der Waals surface area (Å²) in [5.74, 6) is 0.617. The number of anilines is 3. The van der Waals surface area contributed by atoms with Gasteiger partial charge in [-0.15, -0.1) is 0 Å².